The Hall–Kier alpha value is -2.86. The van der Waals surface area contributed by atoms with Crippen LogP contribution < -0.4 is 16.2 Å². The number of anilines is 2. The van der Waals surface area contributed by atoms with E-state index in [0.717, 1.165) is 11.4 Å². The number of rotatable bonds is 10. The van der Waals surface area contributed by atoms with E-state index in [1.54, 1.807) is 0 Å². The minimum Gasteiger partial charge on any atom is -0.469 e. The van der Waals surface area contributed by atoms with Gasteiger partial charge < -0.3 is 15.5 Å². The maximum absolute atomic E-state index is 11.9. The molecule has 0 radical (unpaired) electrons. The van der Waals surface area contributed by atoms with Gasteiger partial charge in [0.1, 0.15) is 0 Å². The highest BCUT2D eigenvalue weighted by atomic mass is 16.5. The molecule has 0 fully saturated rings. The van der Waals surface area contributed by atoms with Crippen molar-refractivity contribution in [3.05, 3.63) is 60.2 Å². The highest BCUT2D eigenvalue weighted by molar-refractivity contribution is 5.90. The van der Waals surface area contributed by atoms with E-state index in [9.17, 15) is 9.59 Å². The molecule has 28 heavy (non-hydrogen) atoms. The molecule has 1 amide bonds. The Morgan fingerprint density at radius 2 is 1.46 bits per heavy atom. The van der Waals surface area contributed by atoms with E-state index in [-0.39, 0.29) is 11.9 Å². The first-order chi connectivity index (χ1) is 13.7. The Labute approximate surface area is 167 Å². The minimum atomic E-state index is -0.241. The summed E-state index contributed by atoms with van der Waals surface area (Å²) in [6.07, 6.45) is 2.04. The lowest BCUT2D eigenvalue weighted by atomic mass is 10.2. The van der Waals surface area contributed by atoms with Crippen LogP contribution >= 0.6 is 0 Å². The molecule has 6 nitrogen and oxygen atoms in total. The number of unbranched alkanes of at least 4 members (excludes halogenated alkanes) is 1. The highest BCUT2D eigenvalue weighted by Gasteiger charge is 2.04. The predicted molar refractivity (Wildman–Crippen MR) is 114 cm³/mol. The van der Waals surface area contributed by atoms with Crippen LogP contribution in [0.25, 0.3) is 0 Å². The van der Waals surface area contributed by atoms with Crippen LogP contribution in [0.1, 0.15) is 45.1 Å². The van der Waals surface area contributed by atoms with Gasteiger partial charge in [-0.1, -0.05) is 44.2 Å². The number of esters is 1. The summed E-state index contributed by atoms with van der Waals surface area (Å²) in [5.74, 6) is -0.299. The quantitative estimate of drug-likeness (QED) is 0.319. The number of methoxy groups -OCH3 is 1. The van der Waals surface area contributed by atoms with Crippen LogP contribution in [0.15, 0.2) is 54.6 Å². The second-order valence-corrected chi connectivity index (χ2v) is 5.87. The predicted octanol–water partition coefficient (Wildman–Crippen LogP) is 4.50. The molecule has 2 rings (SSSR count). The molecule has 0 atom stereocenters. The van der Waals surface area contributed by atoms with Gasteiger partial charge >= 0.3 is 5.97 Å². The van der Waals surface area contributed by atoms with Crippen LogP contribution in [0.2, 0.25) is 0 Å². The van der Waals surface area contributed by atoms with Crippen LogP contribution in [0.3, 0.4) is 0 Å². The van der Waals surface area contributed by atoms with Crippen molar-refractivity contribution in [1.82, 2.24) is 5.43 Å². The molecule has 0 saturated carbocycles. The molecule has 0 aromatic heterocycles. The standard InChI is InChI=1S/C20H25N3O3.C2H6/c1-26-20(25)10-6-5-9-19(24)22-17-11-13-18(14-12-17)23-21-15-16-7-3-2-4-8-16;1-2/h2-4,7-8,11-14,21,23H,5-6,9-10,15H2,1H3,(H,22,24);1-2H3. The van der Waals surface area contributed by atoms with Crippen molar-refractivity contribution < 1.29 is 14.3 Å². The van der Waals surface area contributed by atoms with Gasteiger partial charge in [0.15, 0.2) is 0 Å². The van der Waals surface area contributed by atoms with Gasteiger partial charge in [-0.3, -0.25) is 9.59 Å². The third kappa shape index (κ3) is 9.73. The Balaban J connectivity index is 0.00000190. The fourth-order valence-electron chi connectivity index (χ4n) is 2.36. The largest absolute Gasteiger partial charge is 0.469 e. The van der Waals surface area contributed by atoms with Gasteiger partial charge in [0.2, 0.25) is 5.91 Å². The smallest absolute Gasteiger partial charge is 0.305 e. The van der Waals surface area contributed by atoms with E-state index < -0.39 is 0 Å². The molecule has 0 saturated heterocycles. The van der Waals surface area contributed by atoms with E-state index >= 15 is 0 Å². The van der Waals surface area contributed by atoms with E-state index in [1.807, 2.05) is 56.3 Å². The van der Waals surface area contributed by atoms with Crippen LogP contribution in [0, 0.1) is 0 Å². The van der Waals surface area contributed by atoms with Gasteiger partial charge in [-0.25, -0.2) is 5.43 Å². The van der Waals surface area contributed by atoms with Gasteiger partial charge in [-0.05, 0) is 42.7 Å². The van der Waals surface area contributed by atoms with Crippen LogP contribution in [-0.2, 0) is 20.9 Å². The Morgan fingerprint density at radius 3 is 2.11 bits per heavy atom. The summed E-state index contributed by atoms with van der Waals surface area (Å²) in [4.78, 5) is 22.9. The summed E-state index contributed by atoms with van der Waals surface area (Å²) in [6, 6.07) is 17.6. The number of hydrazine groups is 1. The number of hydrogen-bond acceptors (Lipinski definition) is 5. The summed E-state index contributed by atoms with van der Waals surface area (Å²) in [7, 11) is 1.37. The molecule has 3 N–H and O–H groups in total. The zero-order chi connectivity index (χ0) is 20.6. The second kappa shape index (κ2) is 14.2. The first-order valence-electron chi connectivity index (χ1n) is 9.67. The van der Waals surface area contributed by atoms with Crippen molar-refractivity contribution in [1.29, 1.82) is 0 Å². The van der Waals surface area contributed by atoms with Crippen LogP contribution in [0.5, 0.6) is 0 Å². The highest BCUT2D eigenvalue weighted by Crippen LogP contribution is 2.14. The average Bonchev–Trinajstić information content (AvgIpc) is 2.74. The first-order valence-corrected chi connectivity index (χ1v) is 9.67. The summed E-state index contributed by atoms with van der Waals surface area (Å²) in [6.45, 7) is 4.71. The Bertz CT molecular complexity index is 688. The SMILES string of the molecule is CC.COC(=O)CCCCC(=O)Nc1ccc(NNCc2ccccc2)cc1. The third-order valence-electron chi connectivity index (χ3n) is 3.80. The molecule has 0 heterocycles. The molecule has 2 aromatic rings. The number of carbonyl (C=O) groups is 2. The van der Waals surface area contributed by atoms with Crippen LogP contribution in [0.4, 0.5) is 11.4 Å². The van der Waals surface area contributed by atoms with Crippen molar-refractivity contribution in [3.63, 3.8) is 0 Å². The van der Waals surface area contributed by atoms with Crippen molar-refractivity contribution in [2.45, 2.75) is 46.1 Å². The summed E-state index contributed by atoms with van der Waals surface area (Å²) < 4.78 is 4.57. The fraction of sp³-hybridized carbons (Fsp3) is 0.364. The van der Waals surface area contributed by atoms with Gasteiger partial charge in [0.25, 0.3) is 0 Å². The topological polar surface area (TPSA) is 79.5 Å². The van der Waals surface area contributed by atoms with Gasteiger partial charge in [0, 0.05) is 30.8 Å². The molecule has 0 aliphatic heterocycles. The van der Waals surface area contributed by atoms with Crippen LogP contribution in [-0.4, -0.2) is 19.0 Å². The normalized spacial score (nSPS) is 9.68. The summed E-state index contributed by atoms with van der Waals surface area (Å²) >= 11 is 0. The monoisotopic (exact) mass is 385 g/mol. The Kier molecular flexibility index (Phi) is 11.8. The van der Waals surface area contributed by atoms with E-state index in [2.05, 4.69) is 33.0 Å². The molecule has 2 aromatic carbocycles. The molecule has 6 heteroatoms. The second-order valence-electron chi connectivity index (χ2n) is 5.87. The lowest BCUT2D eigenvalue weighted by molar-refractivity contribution is -0.140. The number of hydrogen-bond donors (Lipinski definition) is 3. The zero-order valence-electron chi connectivity index (χ0n) is 17.0. The third-order valence-corrected chi connectivity index (χ3v) is 3.80. The molecular formula is C22H31N3O3. The average molecular weight is 386 g/mol. The molecule has 0 aliphatic rings. The van der Waals surface area contributed by atoms with Crippen molar-refractivity contribution in [3.8, 4) is 0 Å². The first kappa shape index (κ1) is 23.2. The van der Waals surface area contributed by atoms with E-state index in [0.29, 0.717) is 32.2 Å². The number of nitrogens with one attached hydrogen (secondary N) is 3. The summed E-state index contributed by atoms with van der Waals surface area (Å²) in [5, 5.41) is 2.85. The molecule has 0 unspecified atom stereocenters. The number of benzene rings is 2. The number of ether oxygens (including phenoxy) is 1. The molecule has 0 spiro atoms. The van der Waals surface area contributed by atoms with Crippen molar-refractivity contribution in [2.75, 3.05) is 17.9 Å². The van der Waals surface area contributed by atoms with E-state index in [1.165, 1.54) is 12.7 Å². The molecule has 0 aliphatic carbocycles. The van der Waals surface area contributed by atoms with E-state index in [4.69, 9.17) is 0 Å². The maximum Gasteiger partial charge on any atom is 0.305 e. The minimum absolute atomic E-state index is 0.0576. The van der Waals surface area contributed by atoms with Crippen molar-refractivity contribution >= 4 is 23.3 Å². The molecular weight excluding hydrogens is 354 g/mol. The van der Waals surface area contributed by atoms with Gasteiger partial charge in [-0.15, -0.1) is 0 Å². The lowest BCUT2D eigenvalue weighted by Crippen LogP contribution is -2.20. The lowest BCUT2D eigenvalue weighted by Gasteiger charge is -2.10. The maximum atomic E-state index is 11.9. The fourth-order valence-corrected chi connectivity index (χ4v) is 2.36. The Morgan fingerprint density at radius 1 is 0.857 bits per heavy atom. The molecule has 0 bridgehead atoms. The summed E-state index contributed by atoms with van der Waals surface area (Å²) in [5.41, 5.74) is 9.13. The number of carbonyl (C=O) groups excluding carboxylic acids is 2. The number of amides is 1. The van der Waals surface area contributed by atoms with Gasteiger partial charge in [0.05, 0.1) is 7.11 Å². The van der Waals surface area contributed by atoms with Gasteiger partial charge in [-0.2, -0.15) is 0 Å². The van der Waals surface area contributed by atoms with Crippen molar-refractivity contribution in [2.24, 2.45) is 0 Å². The zero-order valence-corrected chi connectivity index (χ0v) is 17.0. The molecule has 152 valence electrons.